The molecular weight excluding hydrogens is 229 g/mol. The molecule has 0 saturated heterocycles. The maximum Gasteiger partial charge on any atom is 0.397 e. The molecule has 7 heteroatoms. The van der Waals surface area contributed by atoms with Crippen molar-refractivity contribution in [1.82, 2.24) is 5.01 Å². The molecule has 15 heavy (non-hydrogen) atoms. The zero-order valence-corrected chi connectivity index (χ0v) is 8.44. The van der Waals surface area contributed by atoms with Gasteiger partial charge in [0, 0.05) is 0 Å². The van der Waals surface area contributed by atoms with E-state index in [1.165, 1.54) is 11.3 Å². The molecule has 0 bridgehead atoms. The number of nitrogens with zero attached hydrogens (tertiary/aromatic N) is 1. The van der Waals surface area contributed by atoms with E-state index in [1.54, 1.807) is 16.8 Å². The van der Waals surface area contributed by atoms with Gasteiger partial charge in [0.2, 0.25) is 5.91 Å². The van der Waals surface area contributed by atoms with Crippen LogP contribution in [0, 0.1) is 0 Å². The van der Waals surface area contributed by atoms with E-state index in [0.717, 1.165) is 5.56 Å². The monoisotopic (exact) mass is 238 g/mol. The van der Waals surface area contributed by atoms with Crippen molar-refractivity contribution in [2.45, 2.75) is 19.1 Å². The van der Waals surface area contributed by atoms with Crippen molar-refractivity contribution >= 4 is 17.2 Å². The van der Waals surface area contributed by atoms with E-state index >= 15 is 0 Å². The molecule has 1 aromatic heterocycles. The van der Waals surface area contributed by atoms with Crippen LogP contribution in [-0.4, -0.2) is 17.1 Å². The highest BCUT2D eigenvalue weighted by Crippen LogP contribution is 2.20. The number of carbonyl (C=O) groups is 1. The molecule has 0 aliphatic carbocycles. The van der Waals surface area contributed by atoms with Gasteiger partial charge in [-0.2, -0.15) is 24.5 Å². The van der Waals surface area contributed by atoms with Gasteiger partial charge >= 0.3 is 6.18 Å². The molecule has 1 amide bonds. The van der Waals surface area contributed by atoms with Crippen LogP contribution in [0.2, 0.25) is 0 Å². The summed E-state index contributed by atoms with van der Waals surface area (Å²) >= 11 is 1.39. The van der Waals surface area contributed by atoms with E-state index in [-0.39, 0.29) is 6.54 Å². The van der Waals surface area contributed by atoms with Gasteiger partial charge in [-0.1, -0.05) is 0 Å². The van der Waals surface area contributed by atoms with Crippen molar-refractivity contribution < 1.29 is 18.0 Å². The van der Waals surface area contributed by atoms with Gasteiger partial charge < -0.3 is 0 Å². The molecule has 0 radical (unpaired) electrons. The molecule has 1 rings (SSSR count). The lowest BCUT2D eigenvalue weighted by molar-refractivity contribution is -0.162. The molecule has 0 fully saturated rings. The van der Waals surface area contributed by atoms with E-state index in [9.17, 15) is 18.0 Å². The number of carbonyl (C=O) groups excluding carboxylic acids is 1. The summed E-state index contributed by atoms with van der Waals surface area (Å²) in [6.45, 7) is -0.00157. The lowest BCUT2D eigenvalue weighted by Crippen LogP contribution is -2.38. The number of amides is 1. The lowest BCUT2D eigenvalue weighted by Gasteiger charge is -2.16. The molecule has 1 aromatic rings. The van der Waals surface area contributed by atoms with Gasteiger partial charge in [0.15, 0.2) is 0 Å². The summed E-state index contributed by atoms with van der Waals surface area (Å²) in [7, 11) is 0. The number of halogens is 3. The fraction of sp³-hybridized carbons (Fsp3) is 0.375. The quantitative estimate of drug-likeness (QED) is 0.496. The topological polar surface area (TPSA) is 46.3 Å². The first-order chi connectivity index (χ1) is 6.88. The Morgan fingerprint density at radius 2 is 2.20 bits per heavy atom. The molecule has 1 heterocycles. The lowest BCUT2D eigenvalue weighted by atomic mass is 10.3. The highest BCUT2D eigenvalue weighted by atomic mass is 32.1. The van der Waals surface area contributed by atoms with E-state index < -0.39 is 18.5 Å². The molecule has 0 unspecified atom stereocenters. The second-order valence-corrected chi connectivity index (χ2v) is 3.73. The van der Waals surface area contributed by atoms with Crippen molar-refractivity contribution in [3.63, 3.8) is 0 Å². The van der Waals surface area contributed by atoms with Crippen LogP contribution in [-0.2, 0) is 11.3 Å². The van der Waals surface area contributed by atoms with E-state index in [2.05, 4.69) is 0 Å². The van der Waals surface area contributed by atoms with Gasteiger partial charge in [-0.25, -0.2) is 5.84 Å². The molecule has 0 aliphatic rings. The highest BCUT2D eigenvalue weighted by Gasteiger charge is 2.32. The van der Waals surface area contributed by atoms with Crippen LogP contribution in [0.25, 0.3) is 0 Å². The Hall–Kier alpha value is -1.08. The number of hydrazine groups is 1. The fourth-order valence-electron chi connectivity index (χ4n) is 0.941. The minimum Gasteiger partial charge on any atom is -0.276 e. The Balaban J connectivity index is 2.47. The Kier molecular flexibility index (Phi) is 3.70. The highest BCUT2D eigenvalue weighted by molar-refractivity contribution is 7.07. The van der Waals surface area contributed by atoms with Crippen LogP contribution in [0.15, 0.2) is 16.8 Å². The van der Waals surface area contributed by atoms with Crippen LogP contribution in [0.1, 0.15) is 12.0 Å². The first-order valence-electron chi connectivity index (χ1n) is 4.01. The van der Waals surface area contributed by atoms with E-state index in [1.807, 2.05) is 0 Å². The smallest absolute Gasteiger partial charge is 0.276 e. The van der Waals surface area contributed by atoms with Crippen molar-refractivity contribution in [3.8, 4) is 0 Å². The van der Waals surface area contributed by atoms with Crippen LogP contribution in [0.5, 0.6) is 0 Å². The van der Waals surface area contributed by atoms with Crippen LogP contribution < -0.4 is 5.84 Å². The predicted octanol–water partition coefficient (Wildman–Crippen LogP) is 1.90. The number of thiophene rings is 1. The second-order valence-electron chi connectivity index (χ2n) is 2.95. The van der Waals surface area contributed by atoms with Gasteiger partial charge in [-0.15, -0.1) is 0 Å². The molecule has 0 aliphatic heterocycles. The van der Waals surface area contributed by atoms with Crippen LogP contribution >= 0.6 is 11.3 Å². The average molecular weight is 238 g/mol. The summed E-state index contributed by atoms with van der Waals surface area (Å²) < 4.78 is 35.5. The largest absolute Gasteiger partial charge is 0.397 e. The predicted molar refractivity (Wildman–Crippen MR) is 49.7 cm³/mol. The van der Waals surface area contributed by atoms with Crippen molar-refractivity contribution in [2.24, 2.45) is 5.84 Å². The molecule has 84 valence electrons. The average Bonchev–Trinajstić information content (AvgIpc) is 2.53. The van der Waals surface area contributed by atoms with Gasteiger partial charge in [0.05, 0.1) is 6.54 Å². The normalized spacial score (nSPS) is 11.5. The maximum atomic E-state index is 11.8. The van der Waals surface area contributed by atoms with Gasteiger partial charge in [0.1, 0.15) is 6.42 Å². The second kappa shape index (κ2) is 4.63. The summed E-state index contributed by atoms with van der Waals surface area (Å²) in [5.74, 6) is 4.07. The van der Waals surface area contributed by atoms with Gasteiger partial charge in [0.25, 0.3) is 0 Å². The minimum absolute atomic E-state index is 0.00157. The third-order valence-electron chi connectivity index (χ3n) is 1.61. The summed E-state index contributed by atoms with van der Waals surface area (Å²) in [4.78, 5) is 11.0. The molecule has 0 atom stereocenters. The Labute approximate surface area is 88.3 Å². The number of hydrogen-bond donors (Lipinski definition) is 1. The Morgan fingerprint density at radius 3 is 2.67 bits per heavy atom. The maximum absolute atomic E-state index is 11.8. The summed E-state index contributed by atoms with van der Waals surface area (Å²) in [6, 6.07) is 1.70. The number of rotatable bonds is 3. The number of nitrogens with two attached hydrogens (primary N) is 1. The zero-order valence-electron chi connectivity index (χ0n) is 7.62. The zero-order chi connectivity index (χ0) is 11.5. The number of hydrogen-bond acceptors (Lipinski definition) is 3. The first kappa shape index (κ1) is 12.0. The Morgan fingerprint density at radius 1 is 1.53 bits per heavy atom. The van der Waals surface area contributed by atoms with Crippen molar-refractivity contribution in [2.75, 3.05) is 0 Å². The SMILES string of the molecule is NN(Cc1ccsc1)C(=O)CC(F)(F)F. The standard InChI is InChI=1S/C8H9F3N2OS/c9-8(10,11)3-7(14)13(12)4-6-1-2-15-5-6/h1-2,5H,3-4,12H2. The van der Waals surface area contributed by atoms with E-state index in [0.29, 0.717) is 5.01 Å². The Bertz CT molecular complexity index is 323. The molecular formula is C8H9F3N2OS. The van der Waals surface area contributed by atoms with Crippen LogP contribution in [0.3, 0.4) is 0 Å². The molecule has 0 saturated carbocycles. The van der Waals surface area contributed by atoms with Crippen molar-refractivity contribution in [3.05, 3.63) is 22.4 Å². The fourth-order valence-corrected chi connectivity index (χ4v) is 1.60. The molecule has 0 spiro atoms. The van der Waals surface area contributed by atoms with E-state index in [4.69, 9.17) is 5.84 Å². The molecule has 2 N–H and O–H groups in total. The third-order valence-corrected chi connectivity index (χ3v) is 2.34. The van der Waals surface area contributed by atoms with Crippen LogP contribution in [0.4, 0.5) is 13.2 Å². The summed E-state index contributed by atoms with van der Waals surface area (Å²) in [6.07, 6.45) is -6.03. The minimum atomic E-state index is -4.51. The van der Waals surface area contributed by atoms with Gasteiger partial charge in [-0.3, -0.25) is 9.80 Å². The van der Waals surface area contributed by atoms with Gasteiger partial charge in [-0.05, 0) is 22.4 Å². The number of alkyl halides is 3. The van der Waals surface area contributed by atoms with Crippen molar-refractivity contribution in [1.29, 1.82) is 0 Å². The summed E-state index contributed by atoms with van der Waals surface area (Å²) in [5, 5.41) is 4.06. The molecule has 0 aromatic carbocycles. The molecule has 3 nitrogen and oxygen atoms in total. The first-order valence-corrected chi connectivity index (χ1v) is 4.95. The summed E-state index contributed by atoms with van der Waals surface area (Å²) in [5.41, 5.74) is 0.720. The third kappa shape index (κ3) is 4.30.